The molecule has 0 aromatic heterocycles. The Morgan fingerprint density at radius 3 is 2.42 bits per heavy atom. The van der Waals surface area contributed by atoms with Crippen molar-refractivity contribution in [3.05, 3.63) is 71.0 Å². The summed E-state index contributed by atoms with van der Waals surface area (Å²) in [4.78, 5) is 28.6. The van der Waals surface area contributed by atoms with E-state index in [2.05, 4.69) is 0 Å². The molecule has 0 N–H and O–H groups in total. The van der Waals surface area contributed by atoms with Crippen LogP contribution in [0.2, 0.25) is 0 Å². The highest BCUT2D eigenvalue weighted by atomic mass is 16.7. The van der Waals surface area contributed by atoms with Crippen LogP contribution in [-0.2, 0) is 19.0 Å². The lowest BCUT2D eigenvalue weighted by molar-refractivity contribution is -0.114. The Hall–Kier alpha value is -3.12. The predicted molar refractivity (Wildman–Crippen MR) is 127 cm³/mol. The molecule has 174 valence electrons. The largest absolute Gasteiger partial charge is 0.513 e. The molecule has 1 aliphatic heterocycles. The maximum Gasteiger partial charge on any atom is 0.513 e. The number of nitrogens with zero attached hydrogens (tertiary/aromatic N) is 1. The van der Waals surface area contributed by atoms with E-state index < -0.39 is 11.7 Å². The molecule has 0 unspecified atom stereocenters. The quantitative estimate of drug-likeness (QED) is 0.559. The van der Waals surface area contributed by atoms with Gasteiger partial charge in [-0.05, 0) is 69.7 Å². The van der Waals surface area contributed by atoms with Crippen molar-refractivity contribution in [2.45, 2.75) is 58.1 Å². The number of hydrogen-bond donors (Lipinski definition) is 0. The van der Waals surface area contributed by atoms with Crippen molar-refractivity contribution in [1.29, 1.82) is 0 Å². The first-order valence-electron chi connectivity index (χ1n) is 11.5. The van der Waals surface area contributed by atoms with Crippen LogP contribution < -0.4 is 4.90 Å². The molecule has 1 spiro atoms. The zero-order valence-electron chi connectivity index (χ0n) is 19.7. The molecule has 2 aromatic rings. The van der Waals surface area contributed by atoms with E-state index in [-0.39, 0.29) is 18.6 Å². The summed E-state index contributed by atoms with van der Waals surface area (Å²) >= 11 is 0. The molecular weight excluding hydrogens is 418 g/mol. The third-order valence-electron chi connectivity index (χ3n) is 6.71. The first kappa shape index (κ1) is 23.1. The molecule has 0 bridgehead atoms. The Bertz CT molecular complexity index is 1070. The number of carbonyl (C=O) groups excluding carboxylic acids is 2. The first-order valence-corrected chi connectivity index (χ1v) is 11.5. The van der Waals surface area contributed by atoms with Crippen LogP contribution in [0, 0.1) is 13.8 Å². The van der Waals surface area contributed by atoms with E-state index in [9.17, 15) is 9.59 Å². The minimum absolute atomic E-state index is 0.108. The number of methoxy groups -OCH3 is 1. The molecule has 1 aliphatic carbocycles. The summed E-state index contributed by atoms with van der Waals surface area (Å²) in [6.07, 6.45) is 2.07. The molecule has 6 nitrogen and oxygen atoms in total. The van der Waals surface area contributed by atoms with Crippen LogP contribution in [0.4, 0.5) is 10.5 Å². The van der Waals surface area contributed by atoms with Crippen molar-refractivity contribution in [2.24, 2.45) is 0 Å². The summed E-state index contributed by atoms with van der Waals surface area (Å²) in [5, 5.41) is 0. The molecule has 0 saturated heterocycles. The molecule has 1 fully saturated rings. The van der Waals surface area contributed by atoms with Gasteiger partial charge in [-0.3, -0.25) is 9.69 Å². The van der Waals surface area contributed by atoms with Gasteiger partial charge in [-0.15, -0.1) is 0 Å². The van der Waals surface area contributed by atoms with Gasteiger partial charge in [-0.2, -0.15) is 0 Å². The fraction of sp³-hybridized carbons (Fsp3) is 0.407. The van der Waals surface area contributed by atoms with E-state index in [1.807, 2.05) is 67.3 Å². The topological polar surface area (TPSA) is 65.1 Å². The van der Waals surface area contributed by atoms with Crippen LogP contribution in [0.15, 0.2) is 54.3 Å². The molecule has 33 heavy (non-hydrogen) atoms. The molecule has 1 saturated carbocycles. The van der Waals surface area contributed by atoms with Crippen molar-refractivity contribution < 1.29 is 23.8 Å². The maximum atomic E-state index is 14.1. The number of ether oxygens (including phenoxy) is 3. The second-order valence-corrected chi connectivity index (χ2v) is 8.75. The number of aryl methyl sites for hydroxylation is 2. The lowest BCUT2D eigenvalue weighted by Crippen LogP contribution is -2.52. The van der Waals surface area contributed by atoms with E-state index >= 15 is 0 Å². The highest BCUT2D eigenvalue weighted by Gasteiger charge is 2.56. The van der Waals surface area contributed by atoms with Crippen molar-refractivity contribution >= 4 is 23.3 Å². The number of amides is 1. The SMILES string of the molecule is CCOC(=O)OC1=C(c2cc(C)ccc2C)C(=O)N(c2ccccc2)C12CCC(OC)CC2. The van der Waals surface area contributed by atoms with Gasteiger partial charge >= 0.3 is 6.16 Å². The molecule has 0 atom stereocenters. The Kier molecular flexibility index (Phi) is 6.56. The Morgan fingerprint density at radius 2 is 1.79 bits per heavy atom. The molecule has 4 rings (SSSR count). The Labute approximate surface area is 195 Å². The lowest BCUT2D eigenvalue weighted by atomic mass is 9.77. The summed E-state index contributed by atoms with van der Waals surface area (Å²) in [7, 11) is 1.71. The number of para-hydroxylation sites is 1. The fourth-order valence-corrected chi connectivity index (χ4v) is 5.05. The molecule has 2 aliphatic rings. The highest BCUT2D eigenvalue weighted by molar-refractivity contribution is 6.31. The van der Waals surface area contributed by atoms with Crippen LogP contribution in [0.3, 0.4) is 0 Å². The van der Waals surface area contributed by atoms with Crippen LogP contribution in [0.1, 0.15) is 49.3 Å². The van der Waals surface area contributed by atoms with Gasteiger partial charge in [0.2, 0.25) is 0 Å². The number of hydrogen-bond acceptors (Lipinski definition) is 5. The van der Waals surface area contributed by atoms with Gasteiger partial charge in [-0.1, -0.05) is 42.0 Å². The van der Waals surface area contributed by atoms with Gasteiger partial charge < -0.3 is 14.2 Å². The van der Waals surface area contributed by atoms with Gasteiger partial charge in [0.25, 0.3) is 5.91 Å². The van der Waals surface area contributed by atoms with Gasteiger partial charge in [0.1, 0.15) is 5.54 Å². The molecular formula is C27H31NO5. The highest BCUT2D eigenvalue weighted by Crippen LogP contribution is 2.51. The van der Waals surface area contributed by atoms with E-state index in [0.29, 0.717) is 24.2 Å². The zero-order valence-corrected chi connectivity index (χ0v) is 19.7. The minimum atomic E-state index is -0.786. The molecule has 2 aromatic carbocycles. The summed E-state index contributed by atoms with van der Waals surface area (Å²) < 4.78 is 16.7. The molecule has 1 amide bonds. The lowest BCUT2D eigenvalue weighted by Gasteiger charge is -2.44. The smallest absolute Gasteiger partial charge is 0.434 e. The Morgan fingerprint density at radius 1 is 1.09 bits per heavy atom. The van der Waals surface area contributed by atoms with Gasteiger partial charge in [0.05, 0.1) is 18.3 Å². The zero-order chi connectivity index (χ0) is 23.6. The average Bonchev–Trinajstić information content (AvgIpc) is 3.03. The van der Waals surface area contributed by atoms with E-state index in [1.54, 1.807) is 14.0 Å². The van der Waals surface area contributed by atoms with Crippen molar-refractivity contribution in [3.63, 3.8) is 0 Å². The van der Waals surface area contributed by atoms with Gasteiger partial charge in [0, 0.05) is 12.8 Å². The van der Waals surface area contributed by atoms with Crippen molar-refractivity contribution in [1.82, 2.24) is 0 Å². The van der Waals surface area contributed by atoms with E-state index in [4.69, 9.17) is 14.2 Å². The Balaban J connectivity index is 1.94. The van der Waals surface area contributed by atoms with Crippen LogP contribution in [-0.4, -0.2) is 37.4 Å². The van der Waals surface area contributed by atoms with Gasteiger partial charge in [0.15, 0.2) is 5.76 Å². The predicted octanol–water partition coefficient (Wildman–Crippen LogP) is 5.56. The summed E-state index contributed by atoms with van der Waals surface area (Å²) in [6, 6.07) is 15.6. The fourth-order valence-electron chi connectivity index (χ4n) is 5.05. The third kappa shape index (κ3) is 4.15. The van der Waals surface area contributed by atoms with Crippen molar-refractivity contribution in [2.75, 3.05) is 18.6 Å². The number of carbonyl (C=O) groups is 2. The molecule has 1 heterocycles. The van der Waals surface area contributed by atoms with Crippen LogP contribution in [0.25, 0.3) is 5.57 Å². The normalized spacial score (nSPS) is 22.7. The maximum absolute atomic E-state index is 14.1. The summed E-state index contributed by atoms with van der Waals surface area (Å²) in [5.41, 5.74) is 3.19. The monoisotopic (exact) mass is 449 g/mol. The summed E-state index contributed by atoms with van der Waals surface area (Å²) in [6.45, 7) is 5.89. The van der Waals surface area contributed by atoms with Gasteiger partial charge in [-0.25, -0.2) is 4.79 Å². The first-order chi connectivity index (χ1) is 15.9. The van der Waals surface area contributed by atoms with Crippen molar-refractivity contribution in [3.8, 4) is 0 Å². The average molecular weight is 450 g/mol. The van der Waals surface area contributed by atoms with E-state index in [0.717, 1.165) is 35.2 Å². The van der Waals surface area contributed by atoms with Crippen LogP contribution in [0.5, 0.6) is 0 Å². The number of anilines is 1. The minimum Gasteiger partial charge on any atom is -0.434 e. The second-order valence-electron chi connectivity index (χ2n) is 8.75. The second kappa shape index (κ2) is 9.40. The standard InChI is InChI=1S/C27H31NO5/c1-5-32-26(30)33-24-23(22-17-18(2)11-12-19(22)3)25(29)28(20-9-7-6-8-10-20)27(24)15-13-21(31-4)14-16-27/h6-12,17,21H,5,13-16H2,1-4H3. The number of benzene rings is 2. The molecule has 6 heteroatoms. The number of rotatable bonds is 5. The summed E-state index contributed by atoms with van der Waals surface area (Å²) in [5.74, 6) is 0.225. The molecule has 0 radical (unpaired) electrons. The van der Waals surface area contributed by atoms with Crippen LogP contribution >= 0.6 is 0 Å². The third-order valence-corrected chi connectivity index (χ3v) is 6.71. The van der Waals surface area contributed by atoms with E-state index in [1.165, 1.54) is 0 Å².